The molecular formula is C19H23N3O6. The topological polar surface area (TPSA) is 122 Å². The SMILES string of the molecule is CCCNC(=O)NC(=O)COC(=O)[C@H](C(C)C)N1C(=O)c2ccccc2C1=O. The molecule has 2 rings (SSSR count). The van der Waals surface area contributed by atoms with Crippen LogP contribution in [-0.4, -0.2) is 53.8 Å². The summed E-state index contributed by atoms with van der Waals surface area (Å²) < 4.78 is 4.96. The van der Waals surface area contributed by atoms with Gasteiger partial charge in [0.1, 0.15) is 6.04 Å². The van der Waals surface area contributed by atoms with Crippen molar-refractivity contribution in [1.82, 2.24) is 15.5 Å². The standard InChI is InChI=1S/C19H23N3O6/c1-4-9-20-19(27)21-14(23)10-28-18(26)15(11(2)3)22-16(24)12-7-5-6-8-13(12)17(22)25/h5-8,11,15H,4,9-10H2,1-3H3,(H2,20,21,23,27)/t15-/m0/s1. The second kappa shape index (κ2) is 9.12. The van der Waals surface area contributed by atoms with Crippen molar-refractivity contribution in [2.75, 3.05) is 13.2 Å². The average Bonchev–Trinajstić information content (AvgIpc) is 2.90. The molecule has 0 bridgehead atoms. The van der Waals surface area contributed by atoms with Gasteiger partial charge in [0, 0.05) is 6.54 Å². The Bertz CT molecular complexity index is 770. The Kier molecular flexibility index (Phi) is 6.86. The fourth-order valence-corrected chi connectivity index (χ4v) is 2.80. The number of rotatable bonds is 7. The molecule has 0 aromatic heterocycles. The number of amides is 5. The van der Waals surface area contributed by atoms with Gasteiger partial charge in [0.2, 0.25) is 0 Å². The van der Waals surface area contributed by atoms with Crippen LogP contribution in [0.2, 0.25) is 0 Å². The maximum Gasteiger partial charge on any atom is 0.330 e. The lowest BCUT2D eigenvalue weighted by molar-refractivity contribution is -0.153. The maximum atomic E-state index is 12.6. The molecule has 0 fully saturated rings. The third kappa shape index (κ3) is 4.54. The Morgan fingerprint density at radius 2 is 1.64 bits per heavy atom. The summed E-state index contributed by atoms with van der Waals surface area (Å²) in [5.74, 6) is -3.31. The maximum absolute atomic E-state index is 12.6. The molecular weight excluding hydrogens is 366 g/mol. The van der Waals surface area contributed by atoms with Crippen LogP contribution in [0.15, 0.2) is 24.3 Å². The van der Waals surface area contributed by atoms with Crippen LogP contribution in [-0.2, 0) is 14.3 Å². The third-order valence-corrected chi connectivity index (χ3v) is 4.11. The summed E-state index contributed by atoms with van der Waals surface area (Å²) >= 11 is 0. The predicted octanol–water partition coefficient (Wildman–Crippen LogP) is 1.09. The minimum Gasteiger partial charge on any atom is -0.454 e. The lowest BCUT2D eigenvalue weighted by Gasteiger charge is -2.27. The fourth-order valence-electron chi connectivity index (χ4n) is 2.80. The molecule has 1 atom stereocenters. The molecule has 0 unspecified atom stereocenters. The number of hydrogen-bond acceptors (Lipinski definition) is 6. The van der Waals surface area contributed by atoms with Crippen molar-refractivity contribution >= 4 is 29.7 Å². The summed E-state index contributed by atoms with van der Waals surface area (Å²) in [5.41, 5.74) is 0.438. The van der Waals surface area contributed by atoms with Gasteiger partial charge in [0.25, 0.3) is 17.7 Å². The van der Waals surface area contributed by atoms with Gasteiger partial charge in [-0.15, -0.1) is 0 Å². The zero-order valence-corrected chi connectivity index (χ0v) is 16.0. The predicted molar refractivity (Wildman–Crippen MR) is 98.4 cm³/mol. The highest BCUT2D eigenvalue weighted by Crippen LogP contribution is 2.27. The Morgan fingerprint density at radius 3 is 2.14 bits per heavy atom. The molecule has 1 aromatic carbocycles. The molecule has 1 aliphatic rings. The Morgan fingerprint density at radius 1 is 1.07 bits per heavy atom. The molecule has 0 aliphatic carbocycles. The van der Waals surface area contributed by atoms with E-state index in [4.69, 9.17) is 4.74 Å². The molecule has 9 heteroatoms. The average molecular weight is 389 g/mol. The van der Waals surface area contributed by atoms with Crippen LogP contribution < -0.4 is 10.6 Å². The number of carbonyl (C=O) groups excluding carboxylic acids is 5. The Labute approximate surface area is 162 Å². The zero-order chi connectivity index (χ0) is 20.8. The van der Waals surface area contributed by atoms with Gasteiger partial charge < -0.3 is 10.1 Å². The van der Waals surface area contributed by atoms with Crippen LogP contribution in [0.4, 0.5) is 4.79 Å². The van der Waals surface area contributed by atoms with E-state index >= 15 is 0 Å². The highest BCUT2D eigenvalue weighted by Gasteiger charge is 2.44. The van der Waals surface area contributed by atoms with Crippen molar-refractivity contribution in [1.29, 1.82) is 0 Å². The van der Waals surface area contributed by atoms with Crippen LogP contribution in [0, 0.1) is 5.92 Å². The molecule has 0 saturated carbocycles. The number of hydrogen-bond donors (Lipinski definition) is 2. The number of benzene rings is 1. The molecule has 0 saturated heterocycles. The smallest absolute Gasteiger partial charge is 0.330 e. The van der Waals surface area contributed by atoms with Crippen molar-refractivity contribution in [3.05, 3.63) is 35.4 Å². The van der Waals surface area contributed by atoms with Gasteiger partial charge >= 0.3 is 12.0 Å². The first-order valence-electron chi connectivity index (χ1n) is 8.99. The normalized spacial score (nSPS) is 13.9. The van der Waals surface area contributed by atoms with Crippen LogP contribution in [0.5, 0.6) is 0 Å². The second-order valence-electron chi connectivity index (χ2n) is 6.63. The summed E-state index contributed by atoms with van der Waals surface area (Å²) in [4.78, 5) is 61.8. The van der Waals surface area contributed by atoms with Gasteiger partial charge in [0.15, 0.2) is 6.61 Å². The van der Waals surface area contributed by atoms with E-state index in [9.17, 15) is 24.0 Å². The monoisotopic (exact) mass is 389 g/mol. The molecule has 28 heavy (non-hydrogen) atoms. The van der Waals surface area contributed by atoms with E-state index in [-0.39, 0.29) is 11.1 Å². The van der Waals surface area contributed by atoms with E-state index in [0.29, 0.717) is 13.0 Å². The van der Waals surface area contributed by atoms with E-state index < -0.39 is 48.3 Å². The van der Waals surface area contributed by atoms with E-state index in [1.807, 2.05) is 12.2 Å². The lowest BCUT2D eigenvalue weighted by atomic mass is 10.0. The van der Waals surface area contributed by atoms with E-state index in [0.717, 1.165) is 4.90 Å². The molecule has 1 heterocycles. The van der Waals surface area contributed by atoms with Crippen LogP contribution >= 0.6 is 0 Å². The quantitative estimate of drug-likeness (QED) is 0.532. The summed E-state index contributed by atoms with van der Waals surface area (Å²) in [5, 5.41) is 4.48. The van der Waals surface area contributed by atoms with Gasteiger partial charge in [-0.2, -0.15) is 0 Å². The summed E-state index contributed by atoms with van der Waals surface area (Å²) in [6.45, 7) is 4.87. The van der Waals surface area contributed by atoms with Crippen molar-refractivity contribution in [2.45, 2.75) is 33.2 Å². The van der Waals surface area contributed by atoms with E-state index in [2.05, 4.69) is 5.32 Å². The van der Waals surface area contributed by atoms with Crippen molar-refractivity contribution in [3.63, 3.8) is 0 Å². The summed E-state index contributed by atoms with van der Waals surface area (Å²) in [6, 6.07) is 4.41. The Hall–Kier alpha value is -3.23. The summed E-state index contributed by atoms with van der Waals surface area (Å²) in [6.07, 6.45) is 0.701. The Balaban J connectivity index is 2.04. The number of imide groups is 2. The van der Waals surface area contributed by atoms with Crippen molar-refractivity contribution < 1.29 is 28.7 Å². The molecule has 1 aromatic rings. The van der Waals surface area contributed by atoms with Gasteiger partial charge in [-0.1, -0.05) is 32.9 Å². The molecule has 9 nitrogen and oxygen atoms in total. The van der Waals surface area contributed by atoms with E-state index in [1.165, 1.54) is 12.1 Å². The number of esters is 1. The number of carbonyl (C=O) groups is 5. The lowest BCUT2D eigenvalue weighted by Crippen LogP contribution is -2.49. The van der Waals surface area contributed by atoms with Gasteiger partial charge in [0.05, 0.1) is 11.1 Å². The molecule has 2 N–H and O–H groups in total. The number of nitrogens with zero attached hydrogens (tertiary/aromatic N) is 1. The number of nitrogens with one attached hydrogen (secondary N) is 2. The molecule has 0 spiro atoms. The van der Waals surface area contributed by atoms with E-state index in [1.54, 1.807) is 26.0 Å². The number of fused-ring (bicyclic) bond motifs is 1. The first kappa shape index (κ1) is 21.1. The highest BCUT2D eigenvalue weighted by atomic mass is 16.5. The molecule has 5 amide bonds. The second-order valence-corrected chi connectivity index (χ2v) is 6.63. The third-order valence-electron chi connectivity index (χ3n) is 4.11. The molecule has 1 aliphatic heterocycles. The number of urea groups is 1. The minimum atomic E-state index is -1.19. The van der Waals surface area contributed by atoms with Gasteiger partial charge in [-0.05, 0) is 24.5 Å². The molecule has 150 valence electrons. The molecule has 0 radical (unpaired) electrons. The highest BCUT2D eigenvalue weighted by molar-refractivity contribution is 6.22. The van der Waals surface area contributed by atoms with Crippen molar-refractivity contribution in [3.8, 4) is 0 Å². The number of ether oxygens (including phenoxy) is 1. The van der Waals surface area contributed by atoms with Gasteiger partial charge in [-0.3, -0.25) is 24.6 Å². The fraction of sp³-hybridized carbons (Fsp3) is 0.421. The first-order chi connectivity index (χ1) is 13.3. The van der Waals surface area contributed by atoms with Crippen LogP contribution in [0.1, 0.15) is 47.9 Å². The van der Waals surface area contributed by atoms with Crippen LogP contribution in [0.3, 0.4) is 0 Å². The zero-order valence-electron chi connectivity index (χ0n) is 16.0. The first-order valence-corrected chi connectivity index (χ1v) is 8.99. The van der Waals surface area contributed by atoms with Crippen LogP contribution in [0.25, 0.3) is 0 Å². The van der Waals surface area contributed by atoms with Crippen molar-refractivity contribution in [2.24, 2.45) is 5.92 Å². The summed E-state index contributed by atoms with van der Waals surface area (Å²) in [7, 11) is 0. The minimum absolute atomic E-state index is 0.219. The largest absolute Gasteiger partial charge is 0.454 e. The van der Waals surface area contributed by atoms with Gasteiger partial charge in [-0.25, -0.2) is 9.59 Å².